The summed E-state index contributed by atoms with van der Waals surface area (Å²) in [6.07, 6.45) is 0. The molecule has 0 rings (SSSR count). The summed E-state index contributed by atoms with van der Waals surface area (Å²) in [6.45, 7) is 0. The van der Waals surface area contributed by atoms with Gasteiger partial charge < -0.3 is 30.6 Å². The monoisotopic (exact) mass is 336 g/mol. The molecule has 0 amide bonds. The maximum atomic E-state index is 8.77. The number of hydrogen-bond acceptors (Lipinski definition) is 8. The largest absolute Gasteiger partial charge is 0.356 e. The molecule has 0 bridgehead atoms. The minimum absolute atomic E-state index is 0.583. The summed E-state index contributed by atoms with van der Waals surface area (Å²) in [5, 5.41) is 38.3. The Bertz CT molecular complexity index is 112. The van der Waals surface area contributed by atoms with Gasteiger partial charge in [-0.2, -0.15) is 0 Å². The molecule has 0 aromatic rings. The molecule has 0 aromatic heterocycles. The minimum atomic E-state index is -1.75. The van der Waals surface area contributed by atoms with Gasteiger partial charge in [0.15, 0.2) is 0 Å². The fourth-order valence-electron chi connectivity index (χ4n) is 0. The molecule has 0 aliphatic rings. The molecule has 0 N–H and O–H groups in total. The summed E-state index contributed by atoms with van der Waals surface area (Å²) in [5.74, 6) is 0. The minimum Gasteiger partial charge on any atom is -0.356 e. The van der Waals surface area contributed by atoms with Gasteiger partial charge in [-0.15, -0.1) is 0 Å². The summed E-state index contributed by atoms with van der Waals surface area (Å²) < 4.78 is -0.583. The normalized spacial score (nSPS) is 6.17. The summed E-state index contributed by atoms with van der Waals surface area (Å²) in [5.41, 5.74) is 0. The Morgan fingerprint density at radius 2 is 0.750 bits per heavy atom. The second-order valence-corrected chi connectivity index (χ2v) is 1.30. The van der Waals surface area contributed by atoms with Crippen molar-refractivity contribution in [2.45, 2.75) is 0 Å². The van der Waals surface area contributed by atoms with E-state index in [2.05, 4.69) is 0 Å². The van der Waals surface area contributed by atoms with E-state index in [1.807, 2.05) is 0 Å². The third-order valence-corrected chi connectivity index (χ3v) is 0. The quantitative estimate of drug-likeness (QED) is 0.409. The van der Waals surface area contributed by atoms with Crippen LogP contribution in [0.25, 0.3) is 0 Å². The molecule has 0 fully saturated rings. The fourth-order valence-corrected chi connectivity index (χ4v) is 0. The molecule has 12 heavy (non-hydrogen) atoms. The Morgan fingerprint density at radius 3 is 0.750 bits per heavy atom. The SMILES string of the molecule is O=[N+]([O-])[Er+2].O=[N+]([O-])[O-].O=[N+]([O-])[O-]. The van der Waals surface area contributed by atoms with Crippen molar-refractivity contribution in [3.63, 3.8) is 0 Å². The Labute approximate surface area is 87.9 Å². The third-order valence-electron chi connectivity index (χ3n) is 0. The molecule has 75 valence electrons. The average Bonchev–Trinajstić information content (AvgIpc) is 1.54. The van der Waals surface area contributed by atoms with Gasteiger partial charge in [0.2, 0.25) is 0 Å². The van der Waals surface area contributed by atoms with Crippen molar-refractivity contribution in [3.05, 3.63) is 40.8 Å². The predicted octanol–water partition coefficient (Wildman–Crippen LogP) is -0.751. The second-order valence-electron chi connectivity index (χ2n) is 0.627. The van der Waals surface area contributed by atoms with E-state index < -0.39 is 11.6 Å². The van der Waals surface area contributed by atoms with Crippen molar-refractivity contribution >= 4 is 0 Å². The Morgan fingerprint density at radius 1 is 0.750 bits per heavy atom. The molecule has 0 heterocycles. The summed E-state index contributed by atoms with van der Waals surface area (Å²) >= 11 is 1.38. The Kier molecular flexibility index (Phi) is 18.2. The van der Waals surface area contributed by atoms with Crippen LogP contribution in [0.2, 0.25) is 0 Å². The molecule has 0 aliphatic carbocycles. The van der Waals surface area contributed by atoms with E-state index in [0.717, 1.165) is 0 Å². The van der Waals surface area contributed by atoms with Crippen LogP contribution in [0.3, 0.4) is 0 Å². The molecule has 0 aliphatic heterocycles. The average molecular weight is 337 g/mol. The van der Waals surface area contributed by atoms with Crippen LogP contribution in [0.1, 0.15) is 0 Å². The van der Waals surface area contributed by atoms with Crippen molar-refractivity contribution < 1.29 is 47.4 Å². The molecule has 0 spiro atoms. The van der Waals surface area contributed by atoms with Gasteiger partial charge in [-0.25, -0.2) is 0 Å². The molecule has 0 saturated heterocycles. The van der Waals surface area contributed by atoms with E-state index >= 15 is 0 Å². The topological polar surface area (TPSA) is 176 Å². The first kappa shape index (κ1) is 17.2. The van der Waals surface area contributed by atoms with Gasteiger partial charge in [0, 0.05) is 0 Å². The van der Waals surface area contributed by atoms with Crippen LogP contribution < -0.4 is 0 Å². The van der Waals surface area contributed by atoms with Gasteiger partial charge in [-0.1, -0.05) is 0 Å². The van der Waals surface area contributed by atoms with Gasteiger partial charge in [-0.3, -0.25) is 0 Å². The van der Waals surface area contributed by atoms with E-state index in [0.29, 0.717) is 0 Å². The smallest absolute Gasteiger partial charge is 0.0689 e. The Balaban J connectivity index is -0.000000101. The zero-order chi connectivity index (χ0) is 10.7. The maximum Gasteiger partial charge on any atom is 0.0689 e. The van der Waals surface area contributed by atoms with Gasteiger partial charge in [-0.05, 0) is 0 Å². The zero-order valence-corrected chi connectivity index (χ0v) is 6.75. The van der Waals surface area contributed by atoms with Crippen LogP contribution in [0, 0.1) is 76.5 Å². The molecule has 0 unspecified atom stereocenters. The molecule has 11 nitrogen and oxygen atoms in total. The van der Waals surface area contributed by atoms with Gasteiger partial charge in [0.05, 0.1) is 10.2 Å². The Hall–Kier alpha value is -0.953. The van der Waals surface area contributed by atoms with Gasteiger partial charge in [0.25, 0.3) is 0 Å². The molecule has 0 radical (unpaired) electrons. The predicted molar refractivity (Wildman–Crippen MR) is 27.7 cm³/mol. The number of hydrogen-bond donors (Lipinski definition) is 0. The molecular formula is ErN3O8. The second kappa shape index (κ2) is 12.7. The van der Waals surface area contributed by atoms with Crippen molar-refractivity contribution in [1.29, 1.82) is 0 Å². The van der Waals surface area contributed by atoms with E-state index in [1.165, 1.54) is 35.7 Å². The zero-order valence-electron chi connectivity index (χ0n) is 4.90. The molecule has 0 atom stereocenters. The van der Waals surface area contributed by atoms with Crippen molar-refractivity contribution in [1.82, 2.24) is 0 Å². The van der Waals surface area contributed by atoms with E-state index in [1.54, 1.807) is 0 Å². The van der Waals surface area contributed by atoms with Crippen LogP contribution in [0.5, 0.6) is 0 Å². The van der Waals surface area contributed by atoms with Crippen LogP contribution in [-0.4, -0.2) is 11.6 Å². The first-order chi connectivity index (χ1) is 5.20. The molecular weight excluding hydrogens is 337 g/mol. The summed E-state index contributed by atoms with van der Waals surface area (Å²) in [6, 6.07) is 0. The van der Waals surface area contributed by atoms with Crippen LogP contribution in [-0.2, 0) is 0 Å². The fraction of sp³-hybridized carbons (Fsp3) is 0. The number of rotatable bonds is 0. The van der Waals surface area contributed by atoms with Gasteiger partial charge in [0.1, 0.15) is 0 Å². The number of nitro groups is 1. The van der Waals surface area contributed by atoms with Gasteiger partial charge >= 0.3 is 47.3 Å². The van der Waals surface area contributed by atoms with Crippen LogP contribution in [0.15, 0.2) is 0 Å². The van der Waals surface area contributed by atoms with Crippen molar-refractivity contribution in [2.75, 3.05) is 0 Å². The van der Waals surface area contributed by atoms with Crippen LogP contribution >= 0.6 is 0 Å². The first-order valence-corrected chi connectivity index (χ1v) is 2.42. The molecule has 12 heteroatoms. The molecule has 0 saturated carbocycles. The van der Waals surface area contributed by atoms with E-state index in [9.17, 15) is 0 Å². The number of nitrogens with zero attached hydrogens (tertiary/aromatic N) is 3. The summed E-state index contributed by atoms with van der Waals surface area (Å²) in [7, 11) is 0. The standard InChI is InChI=1S/Er.2NO3.NO2/c;2*2-1(3)4;2-1-3/q+2;2*-1;. The summed E-state index contributed by atoms with van der Waals surface area (Å²) in [4.78, 5) is 25.3. The maximum absolute atomic E-state index is 8.77. The third kappa shape index (κ3) is 645. The van der Waals surface area contributed by atoms with Crippen molar-refractivity contribution in [3.8, 4) is 0 Å². The van der Waals surface area contributed by atoms with Crippen LogP contribution in [0.4, 0.5) is 0 Å². The van der Waals surface area contributed by atoms with E-state index in [4.69, 9.17) is 40.8 Å². The van der Waals surface area contributed by atoms with Crippen molar-refractivity contribution in [2.24, 2.45) is 0 Å². The van der Waals surface area contributed by atoms with E-state index in [-0.39, 0.29) is 0 Å². The first-order valence-electron chi connectivity index (χ1n) is 1.59. The molecule has 0 aromatic carbocycles.